The molecule has 1 aromatic carbocycles. The maximum absolute atomic E-state index is 11.8. The zero-order chi connectivity index (χ0) is 13.0. The predicted octanol–water partition coefficient (Wildman–Crippen LogP) is 3.38. The third kappa shape index (κ3) is 2.97. The van der Waals surface area contributed by atoms with Crippen LogP contribution in [0.5, 0.6) is 0 Å². The van der Waals surface area contributed by atoms with Gasteiger partial charge in [-0.15, -0.1) is 0 Å². The van der Waals surface area contributed by atoms with Gasteiger partial charge in [-0.05, 0) is 25.1 Å². The first-order chi connectivity index (χ1) is 8.72. The van der Waals surface area contributed by atoms with Gasteiger partial charge in [-0.2, -0.15) is 0 Å². The predicted molar refractivity (Wildman–Crippen MR) is 75.6 cm³/mol. The summed E-state index contributed by atoms with van der Waals surface area (Å²) >= 11 is 2.75. The van der Waals surface area contributed by atoms with Gasteiger partial charge in [0.25, 0.3) is 11.1 Å². The van der Waals surface area contributed by atoms with Crippen molar-refractivity contribution in [2.45, 2.75) is 17.2 Å². The molecular formula is C13H13NO2S2. The van der Waals surface area contributed by atoms with Crippen LogP contribution in [-0.2, 0) is 4.79 Å². The second kappa shape index (κ2) is 6.11. The Balaban J connectivity index is 2.12. The fourth-order valence-corrected chi connectivity index (χ4v) is 3.87. The van der Waals surface area contributed by atoms with Crippen molar-refractivity contribution in [1.82, 2.24) is 4.90 Å². The monoisotopic (exact) mass is 279 g/mol. The van der Waals surface area contributed by atoms with Gasteiger partial charge in [-0.25, -0.2) is 0 Å². The Morgan fingerprint density at radius 1 is 1.44 bits per heavy atom. The van der Waals surface area contributed by atoms with Crippen molar-refractivity contribution in [2.75, 3.05) is 5.75 Å². The molecule has 0 aromatic heterocycles. The third-order valence-electron chi connectivity index (χ3n) is 2.40. The van der Waals surface area contributed by atoms with Crippen LogP contribution in [0.25, 0.3) is 0 Å². The molecule has 0 N–H and O–H groups in total. The average molecular weight is 279 g/mol. The Labute approximate surface area is 115 Å². The maximum Gasteiger partial charge on any atom is 0.289 e. The first-order valence-corrected chi connectivity index (χ1v) is 7.43. The van der Waals surface area contributed by atoms with Gasteiger partial charge < -0.3 is 0 Å². The Morgan fingerprint density at radius 2 is 2.17 bits per heavy atom. The van der Waals surface area contributed by atoms with Crippen molar-refractivity contribution in [3.63, 3.8) is 0 Å². The molecule has 3 nitrogen and oxygen atoms in total. The number of amides is 2. The van der Waals surface area contributed by atoms with E-state index in [2.05, 4.69) is 0 Å². The van der Waals surface area contributed by atoms with Gasteiger partial charge in [-0.1, -0.05) is 47.8 Å². The van der Waals surface area contributed by atoms with E-state index in [0.29, 0.717) is 5.75 Å². The minimum atomic E-state index is -0.235. The molecule has 1 aliphatic rings. The number of thioether (sulfide) groups is 2. The van der Waals surface area contributed by atoms with E-state index in [1.807, 2.05) is 30.3 Å². The van der Waals surface area contributed by atoms with E-state index in [4.69, 9.17) is 0 Å². The lowest BCUT2D eigenvalue weighted by molar-refractivity contribution is -0.122. The van der Waals surface area contributed by atoms with E-state index in [1.165, 1.54) is 22.7 Å². The summed E-state index contributed by atoms with van der Waals surface area (Å²) in [5.74, 6) is 0.405. The van der Waals surface area contributed by atoms with Gasteiger partial charge in [0.2, 0.25) is 0 Å². The van der Waals surface area contributed by atoms with Crippen LogP contribution in [0, 0.1) is 0 Å². The number of imide groups is 1. The molecule has 0 bridgehead atoms. The number of hydrogen-bond donors (Lipinski definition) is 0. The second-order valence-corrected chi connectivity index (χ2v) is 5.89. The number of carbonyl (C=O) groups is 2. The highest BCUT2D eigenvalue weighted by Crippen LogP contribution is 2.35. The maximum atomic E-state index is 11.8. The molecule has 2 rings (SSSR count). The van der Waals surface area contributed by atoms with Gasteiger partial charge in [0.05, 0.1) is 0 Å². The number of nitrogens with zero attached hydrogens (tertiary/aromatic N) is 1. The molecule has 0 unspecified atom stereocenters. The average Bonchev–Trinajstić information content (AvgIpc) is 2.72. The molecule has 1 fully saturated rings. The number of benzene rings is 1. The van der Waals surface area contributed by atoms with E-state index in [9.17, 15) is 9.59 Å². The highest BCUT2D eigenvalue weighted by molar-refractivity contribution is 8.15. The Bertz CT molecular complexity index is 473. The molecule has 1 atom stereocenters. The molecule has 0 radical (unpaired) electrons. The Hall–Kier alpha value is -1.20. The molecule has 94 valence electrons. The van der Waals surface area contributed by atoms with E-state index in [-0.39, 0.29) is 16.5 Å². The van der Waals surface area contributed by atoms with Crippen LogP contribution in [-0.4, -0.2) is 27.2 Å². The van der Waals surface area contributed by atoms with Crippen LogP contribution in [0.3, 0.4) is 0 Å². The number of rotatable bonds is 3. The second-order valence-electron chi connectivity index (χ2n) is 3.67. The van der Waals surface area contributed by atoms with Gasteiger partial charge in [0.1, 0.15) is 5.37 Å². The van der Waals surface area contributed by atoms with Gasteiger partial charge in [-0.3, -0.25) is 14.5 Å². The van der Waals surface area contributed by atoms with Crippen LogP contribution in [0.2, 0.25) is 0 Å². The van der Waals surface area contributed by atoms with Crippen LogP contribution >= 0.6 is 23.5 Å². The molecule has 2 amide bonds. The Morgan fingerprint density at radius 3 is 2.83 bits per heavy atom. The van der Waals surface area contributed by atoms with Gasteiger partial charge in [0.15, 0.2) is 0 Å². The van der Waals surface area contributed by atoms with E-state index in [1.54, 1.807) is 24.8 Å². The molecule has 1 aromatic rings. The molecule has 1 saturated heterocycles. The summed E-state index contributed by atoms with van der Waals surface area (Å²) in [5.41, 5.74) is 0. The summed E-state index contributed by atoms with van der Waals surface area (Å²) in [4.78, 5) is 26.0. The quantitative estimate of drug-likeness (QED) is 0.795. The van der Waals surface area contributed by atoms with Crippen LogP contribution < -0.4 is 0 Å². The smallest absolute Gasteiger partial charge is 0.269 e. The van der Waals surface area contributed by atoms with Crippen LogP contribution in [0.4, 0.5) is 4.79 Å². The number of hydrogen-bond acceptors (Lipinski definition) is 4. The fraction of sp³-hybridized carbons (Fsp3) is 0.231. The standard InChI is InChI=1S/C13H13NO2S2/c1-2-6-11(15)14-12(9-17-13(14)16)18-10-7-4-3-5-8-10/h2-8,12H,9H2,1H3/b6-2+/t12-/m1/s1. The SMILES string of the molecule is C/C=C/C(=O)N1C(=O)SC[C@H]1Sc1ccccc1. The lowest BCUT2D eigenvalue weighted by atomic mass is 10.4. The molecule has 0 spiro atoms. The van der Waals surface area contributed by atoms with Gasteiger partial charge in [0, 0.05) is 10.6 Å². The molecule has 0 aliphatic carbocycles. The first-order valence-electron chi connectivity index (χ1n) is 5.56. The first kappa shape index (κ1) is 13.2. The fourth-order valence-electron chi connectivity index (χ4n) is 1.60. The van der Waals surface area contributed by atoms with Crippen molar-refractivity contribution in [2.24, 2.45) is 0 Å². The highest BCUT2D eigenvalue weighted by atomic mass is 32.2. The zero-order valence-electron chi connectivity index (χ0n) is 9.91. The van der Waals surface area contributed by atoms with Crippen molar-refractivity contribution in [3.8, 4) is 0 Å². The van der Waals surface area contributed by atoms with E-state index in [0.717, 1.165) is 4.90 Å². The minimum Gasteiger partial charge on any atom is -0.269 e. The topological polar surface area (TPSA) is 37.4 Å². The summed E-state index contributed by atoms with van der Waals surface area (Å²) in [6.07, 6.45) is 3.09. The van der Waals surface area contributed by atoms with Crippen LogP contribution in [0.15, 0.2) is 47.4 Å². The molecule has 18 heavy (non-hydrogen) atoms. The van der Waals surface area contributed by atoms with Crippen molar-refractivity contribution < 1.29 is 9.59 Å². The molecule has 5 heteroatoms. The largest absolute Gasteiger partial charge is 0.289 e. The summed E-state index contributed by atoms with van der Waals surface area (Å²) in [5, 5.41) is -0.278. The van der Waals surface area contributed by atoms with E-state index >= 15 is 0 Å². The highest BCUT2D eigenvalue weighted by Gasteiger charge is 2.36. The molecular weight excluding hydrogens is 266 g/mol. The zero-order valence-corrected chi connectivity index (χ0v) is 11.5. The molecule has 1 heterocycles. The van der Waals surface area contributed by atoms with Gasteiger partial charge >= 0.3 is 0 Å². The minimum absolute atomic E-state index is 0.117. The van der Waals surface area contributed by atoms with Crippen molar-refractivity contribution >= 4 is 34.7 Å². The summed E-state index contributed by atoms with van der Waals surface area (Å²) in [7, 11) is 0. The number of allylic oxidation sites excluding steroid dienone is 1. The summed E-state index contributed by atoms with van der Waals surface area (Å²) in [6, 6.07) is 9.81. The summed E-state index contributed by atoms with van der Waals surface area (Å²) < 4.78 is 0. The normalized spacial score (nSPS) is 19.7. The Kier molecular flexibility index (Phi) is 4.49. The van der Waals surface area contributed by atoms with Crippen molar-refractivity contribution in [1.29, 1.82) is 0 Å². The number of carbonyl (C=O) groups excluding carboxylic acids is 2. The lowest BCUT2D eigenvalue weighted by Crippen LogP contribution is -2.35. The molecule has 1 aliphatic heterocycles. The van der Waals surface area contributed by atoms with E-state index < -0.39 is 0 Å². The lowest BCUT2D eigenvalue weighted by Gasteiger charge is -2.19. The summed E-state index contributed by atoms with van der Waals surface area (Å²) in [6.45, 7) is 1.77. The molecule has 0 saturated carbocycles. The van der Waals surface area contributed by atoms with Crippen LogP contribution in [0.1, 0.15) is 6.92 Å². The third-order valence-corrected chi connectivity index (χ3v) is 4.73. The van der Waals surface area contributed by atoms with Crippen molar-refractivity contribution in [3.05, 3.63) is 42.5 Å².